The summed E-state index contributed by atoms with van der Waals surface area (Å²) >= 11 is 0. The van der Waals surface area contributed by atoms with Gasteiger partial charge in [0.15, 0.2) is 17.3 Å². The van der Waals surface area contributed by atoms with Gasteiger partial charge in [-0.2, -0.15) is 0 Å². The summed E-state index contributed by atoms with van der Waals surface area (Å²) in [7, 11) is 0. The maximum atomic E-state index is 15.0. The number of hydrogen-bond acceptors (Lipinski definition) is 3. The third-order valence-electron chi connectivity index (χ3n) is 7.89. The Morgan fingerprint density at radius 2 is 1.41 bits per heavy atom. The molecule has 0 aliphatic heterocycles. The molecule has 0 saturated heterocycles. The van der Waals surface area contributed by atoms with Crippen molar-refractivity contribution in [1.82, 2.24) is 0 Å². The molecule has 1 aromatic carbocycles. The fourth-order valence-corrected chi connectivity index (χ4v) is 5.90. The minimum atomic E-state index is -3.16. The molecule has 1 aromatic rings. The third-order valence-corrected chi connectivity index (χ3v) is 7.89. The number of rotatable bonds is 10. The van der Waals surface area contributed by atoms with Gasteiger partial charge in [0.2, 0.25) is 0 Å². The van der Waals surface area contributed by atoms with E-state index in [1.54, 1.807) is 0 Å². The van der Waals surface area contributed by atoms with E-state index < -0.39 is 35.3 Å². The van der Waals surface area contributed by atoms with Crippen molar-refractivity contribution in [2.45, 2.75) is 104 Å². The highest BCUT2D eigenvalue weighted by molar-refractivity contribution is 5.98. The predicted octanol–water partition coefficient (Wildman–Crippen LogP) is 8.45. The summed E-state index contributed by atoms with van der Waals surface area (Å²) in [6, 6.07) is 2.36. The monoisotopic (exact) mass is 480 g/mol. The number of carbonyl (C=O) groups is 2. The standard InChI is InChI=1S/C28H39F3O3/c1-3-5-18-7-9-20(10-8-18)17-23(32)22-15-16-24(26(29)25(22)27(30)31)34-28(33)21-13-11-19(6-4-2)12-14-21/h15-16,18-21,27H,3-14,17H2,1-2H3. The fraction of sp³-hybridized carbons (Fsp3) is 0.714. The number of esters is 1. The number of ketones is 1. The van der Waals surface area contributed by atoms with Crippen molar-refractivity contribution in [2.75, 3.05) is 0 Å². The summed E-state index contributed by atoms with van der Waals surface area (Å²) in [6.45, 7) is 4.30. The first-order valence-corrected chi connectivity index (χ1v) is 13.2. The lowest BCUT2D eigenvalue weighted by Crippen LogP contribution is -2.26. The molecule has 0 N–H and O–H groups in total. The van der Waals surface area contributed by atoms with Crippen LogP contribution in [0.25, 0.3) is 0 Å². The molecular weight excluding hydrogens is 441 g/mol. The SMILES string of the molecule is CCCC1CCC(CC(=O)c2ccc(OC(=O)C3CCC(CCC)CC3)c(F)c2C(F)F)CC1. The first-order chi connectivity index (χ1) is 16.3. The van der Waals surface area contributed by atoms with Crippen LogP contribution in [-0.4, -0.2) is 11.8 Å². The van der Waals surface area contributed by atoms with Crippen LogP contribution >= 0.6 is 0 Å². The summed E-state index contributed by atoms with van der Waals surface area (Å²) in [4.78, 5) is 25.4. The molecule has 0 heterocycles. The molecule has 190 valence electrons. The Bertz CT molecular complexity index is 822. The summed E-state index contributed by atoms with van der Waals surface area (Å²) < 4.78 is 47.9. The zero-order valence-electron chi connectivity index (χ0n) is 20.6. The lowest BCUT2D eigenvalue weighted by Gasteiger charge is -2.28. The van der Waals surface area contributed by atoms with Crippen LogP contribution < -0.4 is 4.74 Å². The van der Waals surface area contributed by atoms with Gasteiger partial charge in [-0.3, -0.25) is 9.59 Å². The number of Topliss-reactive ketones (excluding diaryl/α,β-unsaturated/α-hetero) is 1. The van der Waals surface area contributed by atoms with Gasteiger partial charge in [-0.15, -0.1) is 0 Å². The van der Waals surface area contributed by atoms with E-state index in [0.29, 0.717) is 24.7 Å². The van der Waals surface area contributed by atoms with Crippen molar-refractivity contribution in [3.05, 3.63) is 29.1 Å². The molecule has 34 heavy (non-hydrogen) atoms. The van der Waals surface area contributed by atoms with Gasteiger partial charge in [0.05, 0.1) is 11.5 Å². The quantitative estimate of drug-likeness (QED) is 0.192. The van der Waals surface area contributed by atoms with E-state index in [2.05, 4.69) is 13.8 Å². The van der Waals surface area contributed by atoms with E-state index in [-0.39, 0.29) is 23.8 Å². The normalized spacial score (nSPS) is 25.4. The molecular formula is C28H39F3O3. The van der Waals surface area contributed by atoms with Crippen molar-refractivity contribution < 1.29 is 27.5 Å². The highest BCUT2D eigenvalue weighted by atomic mass is 19.3. The Hall–Kier alpha value is -1.85. The molecule has 3 nitrogen and oxygen atoms in total. The molecule has 2 fully saturated rings. The summed E-state index contributed by atoms with van der Waals surface area (Å²) in [5.74, 6) is -1.74. The molecule has 0 spiro atoms. The first kappa shape index (κ1) is 26.7. The highest BCUT2D eigenvalue weighted by Crippen LogP contribution is 2.38. The topological polar surface area (TPSA) is 43.4 Å². The van der Waals surface area contributed by atoms with Crippen LogP contribution in [0.1, 0.15) is 120 Å². The number of carbonyl (C=O) groups excluding carboxylic acids is 2. The number of halogens is 3. The van der Waals surface area contributed by atoms with Gasteiger partial charge in [-0.1, -0.05) is 52.4 Å². The Balaban J connectivity index is 1.65. The Labute approximate surface area is 201 Å². The number of alkyl halides is 2. The van der Waals surface area contributed by atoms with Gasteiger partial charge in [-0.05, 0) is 68.4 Å². The molecule has 0 aromatic heterocycles. The molecule has 0 atom stereocenters. The lowest BCUT2D eigenvalue weighted by atomic mass is 9.77. The predicted molar refractivity (Wildman–Crippen MR) is 127 cm³/mol. The summed E-state index contributed by atoms with van der Waals surface area (Å²) in [6.07, 6.45) is 8.64. The van der Waals surface area contributed by atoms with Gasteiger partial charge in [0.1, 0.15) is 0 Å². The maximum Gasteiger partial charge on any atom is 0.314 e. The molecule has 6 heteroatoms. The van der Waals surface area contributed by atoms with Crippen LogP contribution in [0.5, 0.6) is 5.75 Å². The van der Waals surface area contributed by atoms with Crippen molar-refractivity contribution >= 4 is 11.8 Å². The van der Waals surface area contributed by atoms with Crippen molar-refractivity contribution in [1.29, 1.82) is 0 Å². The van der Waals surface area contributed by atoms with Gasteiger partial charge in [-0.25, -0.2) is 13.2 Å². The van der Waals surface area contributed by atoms with E-state index >= 15 is 4.39 Å². The molecule has 0 amide bonds. The van der Waals surface area contributed by atoms with Gasteiger partial charge < -0.3 is 4.74 Å². The van der Waals surface area contributed by atoms with Crippen LogP contribution in [-0.2, 0) is 4.79 Å². The third kappa shape index (κ3) is 6.85. The van der Waals surface area contributed by atoms with Crippen LogP contribution in [0.2, 0.25) is 0 Å². The Morgan fingerprint density at radius 3 is 1.94 bits per heavy atom. The zero-order chi connectivity index (χ0) is 24.7. The van der Waals surface area contributed by atoms with Gasteiger partial charge in [0, 0.05) is 12.0 Å². The highest BCUT2D eigenvalue weighted by Gasteiger charge is 2.31. The van der Waals surface area contributed by atoms with E-state index in [1.165, 1.54) is 12.5 Å². The van der Waals surface area contributed by atoms with Crippen molar-refractivity contribution in [3.8, 4) is 5.75 Å². The van der Waals surface area contributed by atoms with Crippen molar-refractivity contribution in [3.63, 3.8) is 0 Å². The summed E-state index contributed by atoms with van der Waals surface area (Å²) in [5.41, 5.74) is -1.23. The maximum absolute atomic E-state index is 15.0. The molecule has 0 bridgehead atoms. The molecule has 2 aliphatic rings. The molecule has 3 rings (SSSR count). The Morgan fingerprint density at radius 1 is 0.882 bits per heavy atom. The van der Waals surface area contributed by atoms with Crippen LogP contribution in [0.15, 0.2) is 12.1 Å². The minimum absolute atomic E-state index is 0.148. The molecule has 2 saturated carbocycles. The smallest absolute Gasteiger partial charge is 0.314 e. The second-order valence-corrected chi connectivity index (χ2v) is 10.4. The lowest BCUT2D eigenvalue weighted by molar-refractivity contribution is -0.140. The average Bonchev–Trinajstić information content (AvgIpc) is 2.82. The zero-order valence-corrected chi connectivity index (χ0v) is 20.6. The molecule has 0 unspecified atom stereocenters. The van der Waals surface area contributed by atoms with Gasteiger partial charge in [0.25, 0.3) is 6.43 Å². The van der Waals surface area contributed by atoms with E-state index in [9.17, 15) is 18.4 Å². The fourth-order valence-electron chi connectivity index (χ4n) is 5.90. The second-order valence-electron chi connectivity index (χ2n) is 10.4. The summed E-state index contributed by atoms with van der Waals surface area (Å²) in [5, 5.41) is 0. The number of ether oxygens (including phenoxy) is 1. The van der Waals surface area contributed by atoms with Crippen LogP contribution in [0, 0.1) is 29.5 Å². The average molecular weight is 481 g/mol. The molecule has 0 radical (unpaired) electrons. The second kappa shape index (κ2) is 12.7. The Kier molecular flexibility index (Phi) is 10.0. The minimum Gasteiger partial charge on any atom is -0.423 e. The van der Waals surface area contributed by atoms with Gasteiger partial charge >= 0.3 is 5.97 Å². The molecule has 2 aliphatic carbocycles. The van der Waals surface area contributed by atoms with Crippen molar-refractivity contribution in [2.24, 2.45) is 23.7 Å². The number of hydrogen-bond donors (Lipinski definition) is 0. The number of benzene rings is 1. The van der Waals surface area contributed by atoms with E-state index in [1.807, 2.05) is 0 Å². The largest absolute Gasteiger partial charge is 0.423 e. The first-order valence-electron chi connectivity index (χ1n) is 13.2. The van der Waals surface area contributed by atoms with Crippen LogP contribution in [0.4, 0.5) is 13.2 Å². The van der Waals surface area contributed by atoms with E-state index in [4.69, 9.17) is 4.74 Å². The van der Waals surface area contributed by atoms with E-state index in [0.717, 1.165) is 63.9 Å². The van der Waals surface area contributed by atoms with Crippen LogP contribution in [0.3, 0.4) is 0 Å².